The second-order valence-corrected chi connectivity index (χ2v) is 7.57. The second-order valence-electron chi connectivity index (χ2n) is 5.93. The molecule has 0 aliphatic heterocycles. The van der Waals surface area contributed by atoms with Gasteiger partial charge in [0.1, 0.15) is 0 Å². The Balaban J connectivity index is 1.95. The van der Waals surface area contributed by atoms with E-state index in [-0.39, 0.29) is 0 Å². The molecule has 1 N–H and O–H groups in total. The lowest BCUT2D eigenvalue weighted by molar-refractivity contribution is 0.443. The van der Waals surface area contributed by atoms with Gasteiger partial charge in [-0.05, 0) is 55.5 Å². The summed E-state index contributed by atoms with van der Waals surface area (Å²) in [6.45, 7) is 6.62. The first-order chi connectivity index (χ1) is 10.1. The molecule has 0 bridgehead atoms. The van der Waals surface area contributed by atoms with E-state index in [0.717, 1.165) is 30.4 Å². The summed E-state index contributed by atoms with van der Waals surface area (Å²) in [5.41, 5.74) is 4.53. The number of rotatable bonds is 8. The molecule has 0 aliphatic rings. The first-order valence-corrected chi connectivity index (χ1v) is 9.19. The van der Waals surface area contributed by atoms with E-state index in [1.165, 1.54) is 11.3 Å². The van der Waals surface area contributed by atoms with Crippen LogP contribution < -0.4 is 5.32 Å². The minimum atomic E-state index is 0.590. The fourth-order valence-electron chi connectivity index (χ4n) is 2.38. The second kappa shape index (κ2) is 8.66. The van der Waals surface area contributed by atoms with Crippen LogP contribution in [0, 0.1) is 11.8 Å². The first kappa shape index (κ1) is 16.7. The van der Waals surface area contributed by atoms with Crippen molar-refractivity contribution in [3.05, 3.63) is 50.9 Å². The van der Waals surface area contributed by atoms with Crippen molar-refractivity contribution in [1.82, 2.24) is 10.3 Å². The van der Waals surface area contributed by atoms with Gasteiger partial charge in [-0.15, -0.1) is 11.3 Å². The number of thiazole rings is 1. The van der Waals surface area contributed by atoms with Crippen molar-refractivity contribution in [1.29, 1.82) is 0 Å². The summed E-state index contributed by atoms with van der Waals surface area (Å²) in [5, 5.41) is 5.76. The van der Waals surface area contributed by atoms with Crippen molar-refractivity contribution < 1.29 is 0 Å². The van der Waals surface area contributed by atoms with Crippen LogP contribution >= 0.6 is 27.3 Å². The van der Waals surface area contributed by atoms with Gasteiger partial charge in [0, 0.05) is 9.85 Å². The largest absolute Gasteiger partial charge is 0.316 e. The summed E-state index contributed by atoms with van der Waals surface area (Å²) >= 11 is 5.18. The predicted octanol–water partition coefficient (Wildman–Crippen LogP) is 4.55. The molecular formula is C17H23BrN2S. The normalized spacial score (nSPS) is 12.8. The van der Waals surface area contributed by atoms with Crippen LogP contribution in [0.5, 0.6) is 0 Å². The molecule has 0 saturated heterocycles. The molecule has 114 valence electrons. The van der Waals surface area contributed by atoms with E-state index < -0.39 is 0 Å². The van der Waals surface area contributed by atoms with Crippen LogP contribution in [0.3, 0.4) is 0 Å². The van der Waals surface area contributed by atoms with Crippen LogP contribution in [-0.4, -0.2) is 18.1 Å². The van der Waals surface area contributed by atoms with Gasteiger partial charge in [0.2, 0.25) is 0 Å². The smallest absolute Gasteiger partial charge is 0.0794 e. The Hall–Kier alpha value is -0.710. The van der Waals surface area contributed by atoms with Crippen LogP contribution in [0.1, 0.15) is 25.1 Å². The summed E-state index contributed by atoms with van der Waals surface area (Å²) in [6, 6.07) is 8.66. The molecule has 0 saturated carbocycles. The molecular weight excluding hydrogens is 344 g/mol. The maximum atomic E-state index is 4.44. The zero-order chi connectivity index (χ0) is 15.1. The van der Waals surface area contributed by atoms with Crippen LogP contribution in [0.15, 0.2) is 39.6 Å². The van der Waals surface area contributed by atoms with Crippen molar-refractivity contribution in [3.63, 3.8) is 0 Å². The molecule has 1 aromatic carbocycles. The number of nitrogens with one attached hydrogen (secondary N) is 1. The van der Waals surface area contributed by atoms with Crippen LogP contribution in [0.2, 0.25) is 0 Å². The summed E-state index contributed by atoms with van der Waals surface area (Å²) < 4.78 is 1.14. The summed E-state index contributed by atoms with van der Waals surface area (Å²) in [5.74, 6) is 1.28. The molecule has 0 radical (unpaired) electrons. The van der Waals surface area contributed by atoms with E-state index in [0.29, 0.717) is 11.8 Å². The molecule has 1 heterocycles. The van der Waals surface area contributed by atoms with Gasteiger partial charge in [-0.3, -0.25) is 0 Å². The molecule has 0 fully saturated rings. The fraction of sp³-hybridized carbons (Fsp3) is 0.471. The number of hydrogen-bond donors (Lipinski definition) is 1. The summed E-state index contributed by atoms with van der Waals surface area (Å²) in [6.07, 6.45) is 2.14. The van der Waals surface area contributed by atoms with Gasteiger partial charge in [-0.1, -0.05) is 41.9 Å². The molecule has 1 unspecified atom stereocenters. The third kappa shape index (κ3) is 6.29. The monoisotopic (exact) mass is 366 g/mol. The lowest BCUT2D eigenvalue weighted by atomic mass is 9.95. The Bertz CT molecular complexity index is 508. The number of halogens is 1. The zero-order valence-corrected chi connectivity index (χ0v) is 15.1. The molecule has 1 atom stereocenters. The quantitative estimate of drug-likeness (QED) is 0.740. The molecule has 21 heavy (non-hydrogen) atoms. The molecule has 4 heteroatoms. The number of benzene rings is 1. The van der Waals surface area contributed by atoms with Crippen molar-refractivity contribution in [3.8, 4) is 0 Å². The summed E-state index contributed by atoms with van der Waals surface area (Å²) in [7, 11) is 0. The standard InChI is InChI=1S/C17H23BrN2S/c1-13(2)9-19-10-15(8-17-11-21-12-20-17)7-14-3-5-16(18)6-4-14/h3-6,11-13,15,19H,7-10H2,1-2H3. The van der Waals surface area contributed by atoms with E-state index in [1.807, 2.05) is 5.51 Å². The Morgan fingerprint density at radius 3 is 2.52 bits per heavy atom. The lowest BCUT2D eigenvalue weighted by Crippen LogP contribution is -2.28. The first-order valence-electron chi connectivity index (χ1n) is 7.45. The highest BCUT2D eigenvalue weighted by Crippen LogP contribution is 2.17. The minimum absolute atomic E-state index is 0.590. The molecule has 1 aromatic heterocycles. The Morgan fingerprint density at radius 2 is 1.90 bits per heavy atom. The third-order valence-electron chi connectivity index (χ3n) is 3.40. The van der Waals surface area contributed by atoms with E-state index in [4.69, 9.17) is 0 Å². The van der Waals surface area contributed by atoms with Crippen molar-refractivity contribution >= 4 is 27.3 Å². The summed E-state index contributed by atoms with van der Waals surface area (Å²) in [4.78, 5) is 4.44. The maximum Gasteiger partial charge on any atom is 0.0794 e. The van der Waals surface area contributed by atoms with Crippen molar-refractivity contribution in [2.75, 3.05) is 13.1 Å². The fourth-order valence-corrected chi connectivity index (χ4v) is 3.22. The number of hydrogen-bond acceptors (Lipinski definition) is 3. The highest BCUT2D eigenvalue weighted by molar-refractivity contribution is 9.10. The van der Waals surface area contributed by atoms with Gasteiger partial charge in [-0.25, -0.2) is 4.98 Å². The predicted molar refractivity (Wildman–Crippen MR) is 94.9 cm³/mol. The van der Waals surface area contributed by atoms with Crippen molar-refractivity contribution in [2.24, 2.45) is 11.8 Å². The molecule has 0 spiro atoms. The van der Waals surface area contributed by atoms with Gasteiger partial charge in [-0.2, -0.15) is 0 Å². The number of nitrogens with zero attached hydrogens (tertiary/aromatic N) is 1. The molecule has 2 nitrogen and oxygen atoms in total. The van der Waals surface area contributed by atoms with Gasteiger partial charge in [0.25, 0.3) is 0 Å². The highest BCUT2D eigenvalue weighted by Gasteiger charge is 2.12. The molecule has 2 rings (SSSR count). The Morgan fingerprint density at radius 1 is 1.14 bits per heavy atom. The van der Waals surface area contributed by atoms with Crippen LogP contribution in [0.25, 0.3) is 0 Å². The van der Waals surface area contributed by atoms with E-state index in [2.05, 4.69) is 69.7 Å². The molecule has 2 aromatic rings. The zero-order valence-electron chi connectivity index (χ0n) is 12.7. The van der Waals surface area contributed by atoms with E-state index in [1.54, 1.807) is 11.3 Å². The third-order valence-corrected chi connectivity index (χ3v) is 4.57. The molecule has 0 aliphatic carbocycles. The Kier molecular flexibility index (Phi) is 6.87. The SMILES string of the molecule is CC(C)CNCC(Cc1ccc(Br)cc1)Cc1cscn1. The van der Waals surface area contributed by atoms with E-state index >= 15 is 0 Å². The lowest BCUT2D eigenvalue weighted by Gasteiger charge is -2.18. The van der Waals surface area contributed by atoms with Gasteiger partial charge in [0.15, 0.2) is 0 Å². The average Bonchev–Trinajstić information content (AvgIpc) is 2.94. The van der Waals surface area contributed by atoms with Gasteiger partial charge < -0.3 is 5.32 Å². The van der Waals surface area contributed by atoms with Crippen LogP contribution in [0.4, 0.5) is 0 Å². The highest BCUT2D eigenvalue weighted by atomic mass is 79.9. The van der Waals surface area contributed by atoms with E-state index in [9.17, 15) is 0 Å². The minimum Gasteiger partial charge on any atom is -0.316 e. The topological polar surface area (TPSA) is 24.9 Å². The maximum absolute atomic E-state index is 4.44. The number of aromatic nitrogens is 1. The Labute approximate surface area is 140 Å². The average molecular weight is 367 g/mol. The molecule has 0 amide bonds. The van der Waals surface area contributed by atoms with Crippen LogP contribution in [-0.2, 0) is 12.8 Å². The van der Waals surface area contributed by atoms with Gasteiger partial charge in [0.05, 0.1) is 11.2 Å². The van der Waals surface area contributed by atoms with Gasteiger partial charge >= 0.3 is 0 Å². The van der Waals surface area contributed by atoms with Crippen molar-refractivity contribution in [2.45, 2.75) is 26.7 Å².